The number of imide groups is 1. The maximum absolute atomic E-state index is 13.7. The van der Waals surface area contributed by atoms with E-state index >= 15 is 0 Å². The molecule has 1 aromatic heterocycles. The second kappa shape index (κ2) is 10.3. The summed E-state index contributed by atoms with van der Waals surface area (Å²) in [5.74, 6) is -1.00. The molecule has 0 aliphatic carbocycles. The standard InChI is InChI=1S/C37H24F6N2O2/c1-19-11-20(2)13-23(12-19)21-7-9-27-28-10-8-22(24-14-25(36(38,39)40)18-26(15-24)37(41,42)43)17-32(28)45(31(27)16-21)30-6-4-5-29-33(30)35(47)44(3)34(29)46/h4-18H,1-3H3. The van der Waals surface area contributed by atoms with Crippen molar-refractivity contribution in [2.75, 3.05) is 7.05 Å². The van der Waals surface area contributed by atoms with Gasteiger partial charge in [-0.3, -0.25) is 14.5 Å². The van der Waals surface area contributed by atoms with Crippen LogP contribution >= 0.6 is 0 Å². The normalized spacial score (nSPS) is 13.7. The van der Waals surface area contributed by atoms with Crippen LogP contribution in [0.5, 0.6) is 0 Å². The lowest BCUT2D eigenvalue weighted by atomic mass is 9.97. The van der Waals surface area contributed by atoms with Gasteiger partial charge in [0.25, 0.3) is 11.8 Å². The van der Waals surface area contributed by atoms with Gasteiger partial charge in [-0.2, -0.15) is 26.3 Å². The molecule has 1 aliphatic heterocycles. The number of rotatable bonds is 3. The Morgan fingerprint density at radius 3 is 1.57 bits per heavy atom. The molecular formula is C37H24F6N2O2. The quantitative estimate of drug-likeness (QED) is 0.142. The number of nitrogens with zero attached hydrogens (tertiary/aromatic N) is 2. The van der Waals surface area contributed by atoms with Gasteiger partial charge in [-0.25, -0.2) is 0 Å². The average molecular weight is 643 g/mol. The molecule has 0 radical (unpaired) electrons. The highest BCUT2D eigenvalue weighted by atomic mass is 19.4. The molecule has 1 aliphatic rings. The fourth-order valence-corrected chi connectivity index (χ4v) is 6.47. The molecule has 0 N–H and O–H groups in total. The van der Waals surface area contributed by atoms with Crippen molar-refractivity contribution in [3.63, 3.8) is 0 Å². The summed E-state index contributed by atoms with van der Waals surface area (Å²) < 4.78 is 84.2. The smallest absolute Gasteiger partial charge is 0.308 e. The predicted molar refractivity (Wildman–Crippen MR) is 168 cm³/mol. The van der Waals surface area contributed by atoms with Crippen molar-refractivity contribution in [1.82, 2.24) is 9.47 Å². The lowest BCUT2D eigenvalue weighted by molar-refractivity contribution is -0.143. The Labute approximate surface area is 264 Å². The molecule has 10 heteroatoms. The zero-order valence-corrected chi connectivity index (χ0v) is 25.1. The van der Waals surface area contributed by atoms with Crippen molar-refractivity contribution >= 4 is 33.6 Å². The Bertz CT molecular complexity index is 2260. The second-order valence-electron chi connectivity index (χ2n) is 11.8. The first-order chi connectivity index (χ1) is 22.1. The number of carbonyl (C=O) groups is 2. The van der Waals surface area contributed by atoms with Crippen LogP contribution in [0.4, 0.5) is 26.3 Å². The minimum atomic E-state index is -5.01. The van der Waals surface area contributed by atoms with E-state index < -0.39 is 35.3 Å². The second-order valence-corrected chi connectivity index (χ2v) is 11.8. The molecule has 4 nitrogen and oxygen atoms in total. The van der Waals surface area contributed by atoms with Crippen LogP contribution in [0.2, 0.25) is 0 Å². The van der Waals surface area contributed by atoms with Gasteiger partial charge in [0.15, 0.2) is 0 Å². The summed E-state index contributed by atoms with van der Waals surface area (Å²) >= 11 is 0. The third kappa shape index (κ3) is 4.95. The van der Waals surface area contributed by atoms with E-state index in [4.69, 9.17) is 0 Å². The number of amides is 2. The van der Waals surface area contributed by atoms with Gasteiger partial charge in [-0.05, 0) is 78.6 Å². The average Bonchev–Trinajstić information content (AvgIpc) is 3.45. The number of aromatic nitrogens is 1. The molecule has 0 spiro atoms. The van der Waals surface area contributed by atoms with Gasteiger partial charge in [0.1, 0.15) is 0 Å². The molecule has 0 unspecified atom stereocenters. The number of benzene rings is 5. The molecule has 2 amide bonds. The highest BCUT2D eigenvalue weighted by molar-refractivity contribution is 6.23. The number of carbonyl (C=O) groups excluding carboxylic acids is 2. The minimum absolute atomic E-state index is 0.0972. The summed E-state index contributed by atoms with van der Waals surface area (Å²) in [4.78, 5) is 27.3. The first-order valence-electron chi connectivity index (χ1n) is 14.5. The Morgan fingerprint density at radius 1 is 0.553 bits per heavy atom. The number of aryl methyl sites for hydroxylation is 2. The van der Waals surface area contributed by atoms with E-state index in [0.29, 0.717) is 34.2 Å². The lowest BCUT2D eigenvalue weighted by Gasteiger charge is -2.15. The van der Waals surface area contributed by atoms with E-state index in [9.17, 15) is 35.9 Å². The van der Waals surface area contributed by atoms with E-state index in [1.165, 1.54) is 19.2 Å². The third-order valence-corrected chi connectivity index (χ3v) is 8.58. The Hall–Kier alpha value is -5.38. The molecule has 7 rings (SSSR count). The van der Waals surface area contributed by atoms with Crippen LogP contribution in [-0.4, -0.2) is 28.3 Å². The summed E-state index contributed by atoms with van der Waals surface area (Å²) in [5.41, 5.74) is 2.67. The van der Waals surface area contributed by atoms with Crippen LogP contribution in [0.15, 0.2) is 91.0 Å². The first-order valence-corrected chi connectivity index (χ1v) is 14.5. The number of fused-ring (bicyclic) bond motifs is 4. The minimum Gasteiger partial charge on any atom is -0.308 e. The van der Waals surface area contributed by atoms with Crippen molar-refractivity contribution in [2.24, 2.45) is 0 Å². The monoisotopic (exact) mass is 642 g/mol. The fourth-order valence-electron chi connectivity index (χ4n) is 6.47. The summed E-state index contributed by atoms with van der Waals surface area (Å²) in [6, 6.07) is 22.9. The van der Waals surface area contributed by atoms with E-state index in [1.54, 1.807) is 28.8 Å². The zero-order chi connectivity index (χ0) is 33.6. The van der Waals surface area contributed by atoms with Crippen molar-refractivity contribution < 1.29 is 35.9 Å². The van der Waals surface area contributed by atoms with Crippen molar-refractivity contribution in [3.8, 4) is 27.9 Å². The highest BCUT2D eigenvalue weighted by Gasteiger charge is 2.38. The van der Waals surface area contributed by atoms with E-state index in [2.05, 4.69) is 0 Å². The van der Waals surface area contributed by atoms with Gasteiger partial charge in [0.2, 0.25) is 0 Å². The molecule has 0 bridgehead atoms. The van der Waals surface area contributed by atoms with Crippen LogP contribution in [0.3, 0.4) is 0 Å². The van der Waals surface area contributed by atoms with Crippen LogP contribution in [-0.2, 0) is 12.4 Å². The maximum atomic E-state index is 13.7. The summed E-state index contributed by atoms with van der Waals surface area (Å²) in [5, 5.41) is 1.39. The number of hydrogen-bond acceptors (Lipinski definition) is 2. The van der Waals surface area contributed by atoms with Gasteiger partial charge in [-0.1, -0.05) is 59.7 Å². The molecule has 0 saturated carbocycles. The molecule has 0 fully saturated rings. The van der Waals surface area contributed by atoms with Gasteiger partial charge in [0, 0.05) is 17.8 Å². The maximum Gasteiger partial charge on any atom is 0.416 e. The van der Waals surface area contributed by atoms with Crippen LogP contribution in [0.1, 0.15) is 43.0 Å². The van der Waals surface area contributed by atoms with Crippen LogP contribution in [0.25, 0.3) is 49.7 Å². The zero-order valence-electron chi connectivity index (χ0n) is 25.1. The molecular weight excluding hydrogens is 618 g/mol. The number of alkyl halides is 6. The molecule has 5 aromatic carbocycles. The summed E-state index contributed by atoms with van der Waals surface area (Å²) in [6.45, 7) is 3.97. The third-order valence-electron chi connectivity index (χ3n) is 8.58. The molecule has 6 aromatic rings. The largest absolute Gasteiger partial charge is 0.416 e. The van der Waals surface area contributed by atoms with Crippen molar-refractivity contribution in [3.05, 3.63) is 124 Å². The van der Waals surface area contributed by atoms with Gasteiger partial charge in [-0.15, -0.1) is 0 Å². The Balaban J connectivity index is 1.56. The van der Waals surface area contributed by atoms with E-state index in [0.717, 1.165) is 32.5 Å². The molecule has 0 saturated heterocycles. The van der Waals surface area contributed by atoms with Crippen LogP contribution < -0.4 is 0 Å². The topological polar surface area (TPSA) is 42.3 Å². The van der Waals surface area contributed by atoms with Crippen LogP contribution in [0, 0.1) is 13.8 Å². The lowest BCUT2D eigenvalue weighted by Crippen LogP contribution is -2.24. The number of halogens is 6. The van der Waals surface area contributed by atoms with Crippen molar-refractivity contribution in [1.29, 1.82) is 0 Å². The van der Waals surface area contributed by atoms with E-state index in [1.807, 2.05) is 50.2 Å². The molecule has 236 valence electrons. The number of hydrogen-bond donors (Lipinski definition) is 0. The fraction of sp³-hybridized carbons (Fsp3) is 0.135. The molecule has 2 heterocycles. The highest BCUT2D eigenvalue weighted by Crippen LogP contribution is 2.42. The van der Waals surface area contributed by atoms with Gasteiger partial charge < -0.3 is 4.57 Å². The van der Waals surface area contributed by atoms with Gasteiger partial charge in [0.05, 0.1) is 39.0 Å². The predicted octanol–water partition coefficient (Wildman–Crippen LogP) is 10.00. The first kappa shape index (κ1) is 30.3. The molecule has 47 heavy (non-hydrogen) atoms. The summed E-state index contributed by atoms with van der Waals surface area (Å²) in [6.07, 6.45) is -10.0. The molecule has 0 atom stereocenters. The Kier molecular flexibility index (Phi) is 6.65. The Morgan fingerprint density at radius 2 is 1.06 bits per heavy atom. The van der Waals surface area contributed by atoms with E-state index in [-0.39, 0.29) is 28.3 Å². The SMILES string of the molecule is Cc1cc(C)cc(-c2ccc3c4ccc(-c5cc(C(F)(F)F)cc(C(F)(F)F)c5)cc4n(-c4cccc5c4C(=O)N(C)C5=O)c3c2)c1. The summed E-state index contributed by atoms with van der Waals surface area (Å²) in [7, 11) is 1.38. The van der Waals surface area contributed by atoms with Crippen molar-refractivity contribution in [2.45, 2.75) is 26.2 Å². The van der Waals surface area contributed by atoms with Gasteiger partial charge >= 0.3 is 12.4 Å².